The Morgan fingerprint density at radius 2 is 2.00 bits per heavy atom. The monoisotopic (exact) mass is 228 g/mol. The molecule has 94 valence electrons. The minimum atomic E-state index is -0.324. The van der Waals surface area contributed by atoms with Gasteiger partial charge in [0.25, 0.3) is 0 Å². The third kappa shape index (κ3) is 4.10. The molecule has 4 nitrogen and oxygen atoms in total. The summed E-state index contributed by atoms with van der Waals surface area (Å²) in [5.41, 5.74) is -0.324. The first kappa shape index (κ1) is 13.5. The van der Waals surface area contributed by atoms with Gasteiger partial charge in [-0.25, -0.2) is 0 Å². The first-order chi connectivity index (χ1) is 7.58. The Bertz CT molecular complexity index is 223. The first-order valence-corrected chi connectivity index (χ1v) is 6.23. The molecule has 3 N–H and O–H groups in total. The van der Waals surface area contributed by atoms with Gasteiger partial charge in [-0.15, -0.1) is 0 Å². The summed E-state index contributed by atoms with van der Waals surface area (Å²) in [5.74, 6) is 0.0455. The van der Waals surface area contributed by atoms with Crippen molar-refractivity contribution < 1.29 is 9.90 Å². The molecule has 0 unspecified atom stereocenters. The minimum Gasteiger partial charge on any atom is -0.394 e. The van der Waals surface area contributed by atoms with Crippen LogP contribution < -0.4 is 10.6 Å². The van der Waals surface area contributed by atoms with Crippen LogP contribution in [0.15, 0.2) is 0 Å². The van der Waals surface area contributed by atoms with E-state index in [1.54, 1.807) is 0 Å². The highest BCUT2D eigenvalue weighted by molar-refractivity contribution is 5.77. The molecule has 1 aliphatic carbocycles. The molecule has 0 aromatic heterocycles. The highest BCUT2D eigenvalue weighted by Crippen LogP contribution is 2.29. The molecule has 1 rings (SSSR count). The SMILES string of the molecule is CC(C)NCCC(=O)NC1(CO)CCCC1. The van der Waals surface area contributed by atoms with Crippen molar-refractivity contribution in [2.45, 2.75) is 57.5 Å². The quantitative estimate of drug-likeness (QED) is 0.630. The maximum atomic E-state index is 11.7. The molecule has 1 saturated carbocycles. The van der Waals surface area contributed by atoms with Gasteiger partial charge >= 0.3 is 0 Å². The fourth-order valence-corrected chi connectivity index (χ4v) is 2.21. The molecule has 1 fully saturated rings. The lowest BCUT2D eigenvalue weighted by Gasteiger charge is -2.28. The third-order valence-electron chi connectivity index (χ3n) is 3.17. The van der Waals surface area contributed by atoms with Crippen molar-refractivity contribution in [3.05, 3.63) is 0 Å². The molecule has 0 aromatic carbocycles. The van der Waals surface area contributed by atoms with Crippen molar-refractivity contribution >= 4 is 5.91 Å². The van der Waals surface area contributed by atoms with Crippen LogP contribution in [0.2, 0.25) is 0 Å². The van der Waals surface area contributed by atoms with Gasteiger partial charge in [0.05, 0.1) is 12.1 Å². The molecular weight excluding hydrogens is 204 g/mol. The third-order valence-corrected chi connectivity index (χ3v) is 3.17. The average Bonchev–Trinajstić information content (AvgIpc) is 2.66. The molecule has 4 heteroatoms. The smallest absolute Gasteiger partial charge is 0.221 e. The maximum absolute atomic E-state index is 11.7. The lowest BCUT2D eigenvalue weighted by molar-refractivity contribution is -0.123. The van der Waals surface area contributed by atoms with Crippen LogP contribution in [0.5, 0.6) is 0 Å². The topological polar surface area (TPSA) is 61.4 Å². The van der Waals surface area contributed by atoms with Crippen LogP contribution in [0.25, 0.3) is 0 Å². The van der Waals surface area contributed by atoms with E-state index < -0.39 is 0 Å². The number of carbonyl (C=O) groups is 1. The van der Waals surface area contributed by atoms with E-state index in [4.69, 9.17) is 0 Å². The first-order valence-electron chi connectivity index (χ1n) is 6.23. The summed E-state index contributed by atoms with van der Waals surface area (Å²) in [7, 11) is 0. The van der Waals surface area contributed by atoms with Crippen LogP contribution in [-0.4, -0.2) is 35.7 Å². The molecule has 0 heterocycles. The lowest BCUT2D eigenvalue weighted by atomic mass is 9.99. The summed E-state index contributed by atoms with van der Waals surface area (Å²) < 4.78 is 0. The molecule has 0 atom stereocenters. The second kappa shape index (κ2) is 6.21. The summed E-state index contributed by atoms with van der Waals surface area (Å²) in [6, 6.07) is 0.408. The fraction of sp³-hybridized carbons (Fsp3) is 0.917. The van der Waals surface area contributed by atoms with E-state index in [2.05, 4.69) is 24.5 Å². The van der Waals surface area contributed by atoms with E-state index in [-0.39, 0.29) is 18.1 Å². The Morgan fingerprint density at radius 3 is 2.50 bits per heavy atom. The van der Waals surface area contributed by atoms with Crippen LogP contribution in [-0.2, 0) is 4.79 Å². The van der Waals surface area contributed by atoms with Gasteiger partial charge in [0.2, 0.25) is 5.91 Å². The van der Waals surface area contributed by atoms with E-state index in [1.807, 2.05) is 0 Å². The van der Waals surface area contributed by atoms with Gasteiger partial charge in [-0.1, -0.05) is 26.7 Å². The van der Waals surface area contributed by atoms with Gasteiger partial charge in [-0.3, -0.25) is 4.79 Å². The Balaban J connectivity index is 2.27. The molecule has 0 saturated heterocycles. The maximum Gasteiger partial charge on any atom is 0.221 e. The van der Waals surface area contributed by atoms with E-state index in [1.165, 1.54) is 0 Å². The van der Waals surface area contributed by atoms with E-state index in [9.17, 15) is 9.90 Å². The second-order valence-electron chi connectivity index (χ2n) is 5.05. The van der Waals surface area contributed by atoms with E-state index >= 15 is 0 Å². The molecule has 16 heavy (non-hydrogen) atoms. The summed E-state index contributed by atoms with van der Waals surface area (Å²) in [6.45, 7) is 4.88. The van der Waals surface area contributed by atoms with Gasteiger partial charge in [-0.2, -0.15) is 0 Å². The van der Waals surface area contributed by atoms with Crippen molar-refractivity contribution in [3.63, 3.8) is 0 Å². The normalized spacial score (nSPS) is 19.0. The predicted molar refractivity (Wildman–Crippen MR) is 64.2 cm³/mol. The number of carbonyl (C=O) groups excluding carboxylic acids is 1. The molecule has 0 spiro atoms. The van der Waals surface area contributed by atoms with Crippen LogP contribution in [0, 0.1) is 0 Å². The van der Waals surface area contributed by atoms with Crippen molar-refractivity contribution in [2.24, 2.45) is 0 Å². The van der Waals surface area contributed by atoms with Crippen molar-refractivity contribution in [1.29, 1.82) is 0 Å². The van der Waals surface area contributed by atoms with Crippen LogP contribution in [0.3, 0.4) is 0 Å². The van der Waals surface area contributed by atoms with E-state index in [0.29, 0.717) is 19.0 Å². The van der Waals surface area contributed by atoms with Crippen LogP contribution >= 0.6 is 0 Å². The Morgan fingerprint density at radius 1 is 1.38 bits per heavy atom. The van der Waals surface area contributed by atoms with Gasteiger partial charge in [0.15, 0.2) is 0 Å². The summed E-state index contributed by atoms with van der Waals surface area (Å²) in [4.78, 5) is 11.7. The highest BCUT2D eigenvalue weighted by Gasteiger charge is 2.34. The zero-order valence-corrected chi connectivity index (χ0v) is 10.4. The molecule has 0 bridgehead atoms. The van der Waals surface area contributed by atoms with Gasteiger partial charge < -0.3 is 15.7 Å². The molecule has 0 aromatic rings. The summed E-state index contributed by atoms with van der Waals surface area (Å²) in [5, 5.41) is 15.5. The molecular formula is C12H24N2O2. The fourth-order valence-electron chi connectivity index (χ4n) is 2.21. The van der Waals surface area contributed by atoms with Gasteiger partial charge in [0, 0.05) is 19.0 Å². The molecule has 1 aliphatic rings. The molecule has 0 radical (unpaired) electrons. The Labute approximate surface area is 97.8 Å². The largest absolute Gasteiger partial charge is 0.394 e. The van der Waals surface area contributed by atoms with Gasteiger partial charge in [0.1, 0.15) is 0 Å². The zero-order chi connectivity index (χ0) is 12.0. The average molecular weight is 228 g/mol. The number of hydrogen-bond donors (Lipinski definition) is 3. The van der Waals surface area contributed by atoms with Crippen molar-refractivity contribution in [2.75, 3.05) is 13.2 Å². The lowest BCUT2D eigenvalue weighted by Crippen LogP contribution is -2.49. The summed E-state index contributed by atoms with van der Waals surface area (Å²) in [6.07, 6.45) is 4.51. The number of aliphatic hydroxyl groups excluding tert-OH is 1. The number of hydrogen-bond acceptors (Lipinski definition) is 3. The van der Waals surface area contributed by atoms with Gasteiger partial charge in [-0.05, 0) is 12.8 Å². The Hall–Kier alpha value is -0.610. The molecule has 0 aliphatic heterocycles. The van der Waals surface area contributed by atoms with Crippen molar-refractivity contribution in [3.8, 4) is 0 Å². The minimum absolute atomic E-state index is 0.0455. The second-order valence-corrected chi connectivity index (χ2v) is 5.05. The standard InChI is InChI=1S/C12H24N2O2/c1-10(2)13-8-5-11(16)14-12(9-15)6-3-4-7-12/h10,13,15H,3-9H2,1-2H3,(H,14,16). The predicted octanol–water partition coefficient (Wildman–Crippen LogP) is 0.796. The summed E-state index contributed by atoms with van der Waals surface area (Å²) >= 11 is 0. The van der Waals surface area contributed by atoms with Crippen LogP contribution in [0.1, 0.15) is 46.0 Å². The van der Waals surface area contributed by atoms with Crippen molar-refractivity contribution in [1.82, 2.24) is 10.6 Å². The highest BCUT2D eigenvalue weighted by atomic mass is 16.3. The van der Waals surface area contributed by atoms with E-state index in [0.717, 1.165) is 25.7 Å². The number of aliphatic hydroxyl groups is 1. The molecule has 1 amide bonds. The number of nitrogens with one attached hydrogen (secondary N) is 2. The number of amides is 1. The number of rotatable bonds is 6. The Kier molecular flexibility index (Phi) is 5.22. The van der Waals surface area contributed by atoms with Crippen LogP contribution in [0.4, 0.5) is 0 Å². The zero-order valence-electron chi connectivity index (χ0n) is 10.4.